The summed E-state index contributed by atoms with van der Waals surface area (Å²) >= 11 is 1.64. The zero-order valence-electron chi connectivity index (χ0n) is 10.8. The average Bonchev–Trinajstić information content (AvgIpc) is 2.84. The molecule has 104 valence electrons. The molecule has 1 aromatic carbocycles. The Kier molecular flexibility index (Phi) is 4.74. The van der Waals surface area contributed by atoms with Crippen LogP contribution in [0.3, 0.4) is 0 Å². The van der Waals surface area contributed by atoms with E-state index >= 15 is 0 Å². The maximum Gasteiger partial charge on any atom is 0.292 e. The van der Waals surface area contributed by atoms with E-state index in [0.29, 0.717) is 16.5 Å². The third-order valence-corrected chi connectivity index (χ3v) is 3.44. The molecule has 1 aromatic heterocycles. The number of benzene rings is 1. The third-order valence-electron chi connectivity index (χ3n) is 2.46. The Labute approximate surface area is 120 Å². The highest BCUT2D eigenvalue weighted by atomic mass is 32.2. The summed E-state index contributed by atoms with van der Waals surface area (Å²) in [6.45, 7) is 2.25. The first-order valence-corrected chi connectivity index (χ1v) is 6.91. The van der Waals surface area contributed by atoms with Crippen molar-refractivity contribution < 1.29 is 14.7 Å². The minimum absolute atomic E-state index is 0.206. The van der Waals surface area contributed by atoms with Crippen LogP contribution in [0.2, 0.25) is 0 Å². The van der Waals surface area contributed by atoms with Crippen LogP contribution in [-0.4, -0.2) is 20.9 Å². The molecule has 0 aliphatic rings. The van der Waals surface area contributed by atoms with Crippen molar-refractivity contribution in [2.75, 3.05) is 5.75 Å². The number of hydrogen-bond donors (Lipinski definition) is 1. The molecule has 6 nitrogen and oxygen atoms in total. The summed E-state index contributed by atoms with van der Waals surface area (Å²) in [5.41, 5.74) is 0.786. The van der Waals surface area contributed by atoms with Crippen molar-refractivity contribution in [1.82, 2.24) is 9.94 Å². The molecule has 0 saturated carbocycles. The summed E-state index contributed by atoms with van der Waals surface area (Å²) in [7, 11) is 0. The van der Waals surface area contributed by atoms with Crippen molar-refractivity contribution >= 4 is 11.8 Å². The highest BCUT2D eigenvalue weighted by Crippen LogP contribution is 2.31. The Balaban J connectivity index is 2.20. The molecule has 0 spiro atoms. The Bertz CT molecular complexity index is 622. The lowest BCUT2D eigenvalue weighted by atomic mass is 10.2. The molecule has 0 bridgehead atoms. The first-order valence-electron chi connectivity index (χ1n) is 5.93. The van der Waals surface area contributed by atoms with Crippen molar-refractivity contribution in [2.24, 2.45) is 0 Å². The minimum atomic E-state index is 0.206. The van der Waals surface area contributed by atoms with E-state index in [4.69, 9.17) is 19.9 Å². The first-order chi connectivity index (χ1) is 9.74. The van der Waals surface area contributed by atoms with Crippen LogP contribution in [-0.2, 0) is 6.61 Å². The molecular weight excluding hydrogens is 278 g/mol. The molecule has 0 atom stereocenters. The summed E-state index contributed by atoms with van der Waals surface area (Å²) in [5, 5.41) is 21.5. The fourth-order valence-electron chi connectivity index (χ4n) is 1.64. The summed E-state index contributed by atoms with van der Waals surface area (Å²) in [5.74, 6) is 1.66. The van der Waals surface area contributed by atoms with Crippen LogP contribution < -0.4 is 9.47 Å². The van der Waals surface area contributed by atoms with Crippen molar-refractivity contribution in [3.05, 3.63) is 36.0 Å². The predicted octanol–water partition coefficient (Wildman–Crippen LogP) is 2.67. The average molecular weight is 291 g/mol. The number of aromatic nitrogens is 2. The Morgan fingerprint density at radius 1 is 1.45 bits per heavy atom. The molecule has 20 heavy (non-hydrogen) atoms. The van der Waals surface area contributed by atoms with Gasteiger partial charge in [0.05, 0.1) is 6.20 Å². The lowest BCUT2D eigenvalue weighted by molar-refractivity contribution is 0.141. The van der Waals surface area contributed by atoms with Gasteiger partial charge in [0.1, 0.15) is 12.4 Å². The zero-order chi connectivity index (χ0) is 14.4. The first kappa shape index (κ1) is 14.1. The molecule has 7 heteroatoms. The van der Waals surface area contributed by atoms with Crippen LogP contribution >= 0.6 is 11.8 Å². The van der Waals surface area contributed by atoms with Gasteiger partial charge in [0, 0.05) is 16.5 Å². The van der Waals surface area contributed by atoms with Gasteiger partial charge >= 0.3 is 0 Å². The van der Waals surface area contributed by atoms with E-state index in [1.54, 1.807) is 30.1 Å². The van der Waals surface area contributed by atoms with Gasteiger partial charge in [-0.3, -0.25) is 0 Å². The Morgan fingerprint density at radius 2 is 2.30 bits per heavy atom. The maximum atomic E-state index is 9.08. The smallest absolute Gasteiger partial charge is 0.292 e. The predicted molar refractivity (Wildman–Crippen MR) is 72.8 cm³/mol. The molecule has 0 saturated heterocycles. The second-order valence-corrected chi connectivity index (χ2v) is 5.03. The van der Waals surface area contributed by atoms with E-state index in [1.807, 2.05) is 19.1 Å². The molecule has 2 aromatic rings. The van der Waals surface area contributed by atoms with Crippen LogP contribution in [0.15, 0.2) is 35.4 Å². The van der Waals surface area contributed by atoms with E-state index in [1.165, 1.54) is 6.20 Å². The van der Waals surface area contributed by atoms with Gasteiger partial charge < -0.3 is 14.7 Å². The largest absolute Gasteiger partial charge is 0.471 e. The number of thioether (sulfide) groups is 1. The standard InChI is InChI=1S/C13H13N3O3S/c1-2-20-12-5-3-4-11(19-9-14)10(12)8-18-13-6-7-16(17)15-13/h3-7,17H,2,8H2,1H3. The highest BCUT2D eigenvalue weighted by Gasteiger charge is 2.12. The third kappa shape index (κ3) is 3.36. The van der Waals surface area contributed by atoms with E-state index in [-0.39, 0.29) is 6.61 Å². The SMILES string of the molecule is CCSc1cccc(OC#N)c1COc1ccn(O)n1. The quantitative estimate of drug-likeness (QED) is 0.500. The Hall–Kier alpha value is -2.33. The molecule has 0 aliphatic carbocycles. The summed E-state index contributed by atoms with van der Waals surface area (Å²) < 4.78 is 10.4. The number of nitrogens with zero attached hydrogens (tertiary/aromatic N) is 3. The maximum absolute atomic E-state index is 9.08. The van der Waals surface area contributed by atoms with Crippen LogP contribution in [0.1, 0.15) is 12.5 Å². The van der Waals surface area contributed by atoms with Crippen LogP contribution in [0.4, 0.5) is 0 Å². The normalized spacial score (nSPS) is 10.0. The number of ether oxygens (including phenoxy) is 2. The molecule has 0 unspecified atom stereocenters. The number of nitriles is 1. The van der Waals surface area contributed by atoms with Gasteiger partial charge in [0.25, 0.3) is 6.26 Å². The van der Waals surface area contributed by atoms with Gasteiger partial charge in [0.15, 0.2) is 0 Å². The van der Waals surface area contributed by atoms with E-state index in [2.05, 4.69) is 5.10 Å². The molecular formula is C13H13N3O3S. The van der Waals surface area contributed by atoms with Crippen LogP contribution in [0.5, 0.6) is 11.6 Å². The molecule has 0 amide bonds. The van der Waals surface area contributed by atoms with Gasteiger partial charge in [0.2, 0.25) is 5.88 Å². The molecule has 1 heterocycles. The molecule has 1 N–H and O–H groups in total. The second-order valence-electron chi connectivity index (χ2n) is 3.72. The topological polar surface area (TPSA) is 80.3 Å². The van der Waals surface area contributed by atoms with Crippen molar-refractivity contribution in [3.8, 4) is 17.9 Å². The zero-order valence-corrected chi connectivity index (χ0v) is 11.6. The van der Waals surface area contributed by atoms with Gasteiger partial charge in [-0.2, -0.15) is 0 Å². The fraction of sp³-hybridized carbons (Fsp3) is 0.231. The molecule has 0 aliphatic heterocycles. The lowest BCUT2D eigenvalue weighted by Gasteiger charge is -2.11. The lowest BCUT2D eigenvalue weighted by Crippen LogP contribution is -2.01. The van der Waals surface area contributed by atoms with Gasteiger partial charge in [-0.1, -0.05) is 18.1 Å². The highest BCUT2D eigenvalue weighted by molar-refractivity contribution is 7.99. The number of hydrogen-bond acceptors (Lipinski definition) is 6. The van der Waals surface area contributed by atoms with E-state index < -0.39 is 0 Å². The fourth-order valence-corrected chi connectivity index (χ4v) is 2.46. The van der Waals surface area contributed by atoms with Crippen molar-refractivity contribution in [2.45, 2.75) is 18.4 Å². The van der Waals surface area contributed by atoms with Crippen LogP contribution in [0, 0.1) is 11.5 Å². The summed E-state index contributed by atoms with van der Waals surface area (Å²) in [6.07, 6.45) is 3.04. The molecule has 0 radical (unpaired) electrons. The van der Waals surface area contributed by atoms with Crippen LogP contribution in [0.25, 0.3) is 0 Å². The van der Waals surface area contributed by atoms with Gasteiger partial charge in [-0.25, -0.2) is 0 Å². The van der Waals surface area contributed by atoms with Crippen molar-refractivity contribution in [1.29, 1.82) is 5.26 Å². The van der Waals surface area contributed by atoms with Gasteiger partial charge in [-0.05, 0) is 17.9 Å². The minimum Gasteiger partial charge on any atom is -0.471 e. The molecule has 2 rings (SSSR count). The van der Waals surface area contributed by atoms with E-state index in [9.17, 15) is 0 Å². The number of rotatable bonds is 6. The Morgan fingerprint density at radius 3 is 2.95 bits per heavy atom. The van der Waals surface area contributed by atoms with E-state index in [0.717, 1.165) is 16.2 Å². The monoisotopic (exact) mass is 291 g/mol. The summed E-state index contributed by atoms with van der Waals surface area (Å²) in [4.78, 5) is 1.66. The second kappa shape index (κ2) is 6.73. The summed E-state index contributed by atoms with van der Waals surface area (Å²) in [6, 6.07) is 7.03. The van der Waals surface area contributed by atoms with Crippen molar-refractivity contribution in [3.63, 3.8) is 0 Å². The molecule has 0 fully saturated rings. The van der Waals surface area contributed by atoms with Gasteiger partial charge in [-0.15, -0.1) is 21.9 Å².